The number of hydrogen-bond acceptors (Lipinski definition) is 4. The number of halogens is 1. The molecular weight excluding hydrogens is 278 g/mol. The quantitative estimate of drug-likeness (QED) is 0.485. The lowest BCUT2D eigenvalue weighted by molar-refractivity contribution is -0.385. The van der Waals surface area contributed by atoms with Crippen LogP contribution in [0.25, 0.3) is 0 Å². The Labute approximate surface area is 101 Å². The smallest absolute Gasteiger partial charge is 0.273 e. The van der Waals surface area contributed by atoms with E-state index in [4.69, 9.17) is 9.47 Å². The van der Waals surface area contributed by atoms with Crippen LogP contribution >= 0.6 is 15.9 Å². The lowest BCUT2D eigenvalue weighted by Gasteiger charge is -2.09. The van der Waals surface area contributed by atoms with Crippen molar-refractivity contribution in [1.29, 1.82) is 0 Å². The Morgan fingerprint density at radius 3 is 2.94 bits per heavy atom. The summed E-state index contributed by atoms with van der Waals surface area (Å²) in [4.78, 5) is 10.1. The summed E-state index contributed by atoms with van der Waals surface area (Å²) in [7, 11) is 0. The first-order valence-corrected chi connectivity index (χ1v) is 5.50. The van der Waals surface area contributed by atoms with E-state index in [9.17, 15) is 10.1 Å². The van der Waals surface area contributed by atoms with Gasteiger partial charge in [0.2, 0.25) is 0 Å². The first kappa shape index (κ1) is 11.3. The number of non-ortho nitro benzene ring substituents is 1. The van der Waals surface area contributed by atoms with E-state index in [0.29, 0.717) is 23.4 Å². The second-order valence-corrected chi connectivity index (χ2v) is 4.75. The van der Waals surface area contributed by atoms with Gasteiger partial charge in [-0.1, -0.05) is 0 Å². The van der Waals surface area contributed by atoms with Crippen molar-refractivity contribution in [3.8, 4) is 5.75 Å². The molecule has 1 aliphatic rings. The third kappa shape index (κ3) is 2.51. The Bertz CT molecular complexity index is 431. The van der Waals surface area contributed by atoms with Crippen LogP contribution in [0.15, 0.2) is 22.7 Å². The third-order valence-electron chi connectivity index (χ3n) is 2.30. The maximum atomic E-state index is 10.6. The average Bonchev–Trinajstić information content (AvgIpc) is 2.95. The van der Waals surface area contributed by atoms with Gasteiger partial charge in [0.25, 0.3) is 5.69 Å². The highest BCUT2D eigenvalue weighted by atomic mass is 79.9. The maximum Gasteiger partial charge on any atom is 0.273 e. The summed E-state index contributed by atoms with van der Waals surface area (Å²) in [6.07, 6.45) is 0. The molecule has 5 nitrogen and oxygen atoms in total. The van der Waals surface area contributed by atoms with Crippen LogP contribution in [0.2, 0.25) is 0 Å². The molecule has 0 aliphatic carbocycles. The van der Waals surface area contributed by atoms with E-state index in [1.54, 1.807) is 6.07 Å². The van der Waals surface area contributed by atoms with E-state index >= 15 is 0 Å². The van der Waals surface area contributed by atoms with Crippen molar-refractivity contribution in [2.24, 2.45) is 0 Å². The molecule has 0 spiro atoms. The molecule has 1 atom stereocenters. The summed E-state index contributed by atoms with van der Waals surface area (Å²) < 4.78 is 11.3. The van der Waals surface area contributed by atoms with Crippen LogP contribution in [0.3, 0.4) is 0 Å². The topological polar surface area (TPSA) is 64.9 Å². The molecule has 0 bridgehead atoms. The molecule has 2 rings (SSSR count). The molecule has 1 fully saturated rings. The first-order valence-electron chi connectivity index (χ1n) is 4.71. The number of nitrogens with zero attached hydrogens (tertiary/aromatic N) is 1. The molecule has 0 N–H and O–H groups in total. The number of rotatable bonds is 4. The molecule has 86 valence electrons. The van der Waals surface area contributed by atoms with E-state index in [-0.39, 0.29) is 11.3 Å². The minimum absolute atomic E-state index is 0.0140. The molecule has 1 heterocycles. The van der Waals surface area contributed by atoms with Crippen LogP contribution < -0.4 is 4.74 Å². The summed E-state index contributed by atoms with van der Waals surface area (Å²) >= 11 is 3.28. The Kier molecular flexibility index (Phi) is 2.86. The normalized spacial score (nSPS) is 22.9. The summed E-state index contributed by atoms with van der Waals surface area (Å²) in [5.74, 6) is 0.464. The predicted molar refractivity (Wildman–Crippen MR) is 60.6 cm³/mol. The van der Waals surface area contributed by atoms with Crippen molar-refractivity contribution in [3.05, 3.63) is 32.8 Å². The zero-order valence-corrected chi connectivity index (χ0v) is 10.2. The fourth-order valence-electron chi connectivity index (χ4n) is 1.15. The molecular formula is C10H10BrNO4. The highest BCUT2D eigenvalue weighted by molar-refractivity contribution is 9.10. The van der Waals surface area contributed by atoms with Gasteiger partial charge in [-0.2, -0.15) is 0 Å². The minimum Gasteiger partial charge on any atom is -0.489 e. The van der Waals surface area contributed by atoms with Gasteiger partial charge >= 0.3 is 0 Å². The zero-order valence-electron chi connectivity index (χ0n) is 8.60. The van der Waals surface area contributed by atoms with Gasteiger partial charge in [0.1, 0.15) is 18.0 Å². The fraction of sp³-hybridized carbons (Fsp3) is 0.400. The SMILES string of the molecule is CC1(COc2cc([N+](=O)[O-])ccc2Br)CO1. The van der Waals surface area contributed by atoms with Crippen molar-refractivity contribution in [2.75, 3.05) is 13.2 Å². The number of nitro benzene ring substituents is 1. The predicted octanol–water partition coefficient (Wildman–Crippen LogP) is 2.53. The van der Waals surface area contributed by atoms with Gasteiger partial charge in [-0.3, -0.25) is 10.1 Å². The second kappa shape index (κ2) is 4.03. The highest BCUT2D eigenvalue weighted by Crippen LogP contribution is 2.32. The van der Waals surface area contributed by atoms with Crippen LogP contribution in [-0.2, 0) is 4.74 Å². The van der Waals surface area contributed by atoms with Crippen LogP contribution in [0.5, 0.6) is 5.75 Å². The summed E-state index contributed by atoms with van der Waals surface area (Å²) in [5.41, 5.74) is -0.218. The number of nitro groups is 1. The average molecular weight is 288 g/mol. The van der Waals surface area contributed by atoms with Gasteiger partial charge in [-0.05, 0) is 28.9 Å². The third-order valence-corrected chi connectivity index (χ3v) is 2.95. The van der Waals surface area contributed by atoms with Crippen molar-refractivity contribution >= 4 is 21.6 Å². The van der Waals surface area contributed by atoms with Gasteiger partial charge in [0, 0.05) is 6.07 Å². The number of benzene rings is 1. The van der Waals surface area contributed by atoms with Crippen LogP contribution in [-0.4, -0.2) is 23.7 Å². The van der Waals surface area contributed by atoms with Gasteiger partial charge in [0.15, 0.2) is 0 Å². The van der Waals surface area contributed by atoms with Crippen molar-refractivity contribution in [3.63, 3.8) is 0 Å². The minimum atomic E-state index is -0.450. The standard InChI is InChI=1S/C10H10BrNO4/c1-10(6-16-10)5-15-9-4-7(12(13)14)2-3-8(9)11/h2-4H,5-6H2,1H3. The van der Waals surface area contributed by atoms with Crippen LogP contribution in [0.1, 0.15) is 6.92 Å². The first-order chi connectivity index (χ1) is 7.50. The number of epoxide rings is 1. The monoisotopic (exact) mass is 287 g/mol. The molecule has 6 heteroatoms. The van der Waals surface area contributed by atoms with E-state index in [1.807, 2.05) is 6.92 Å². The Morgan fingerprint density at radius 1 is 1.69 bits per heavy atom. The lowest BCUT2D eigenvalue weighted by atomic mass is 10.2. The molecule has 0 aromatic heterocycles. The highest BCUT2D eigenvalue weighted by Gasteiger charge is 2.40. The van der Waals surface area contributed by atoms with Crippen molar-refractivity contribution in [2.45, 2.75) is 12.5 Å². The Balaban J connectivity index is 2.12. The summed E-state index contributed by atoms with van der Waals surface area (Å²) in [6.45, 7) is 2.99. The molecule has 1 unspecified atom stereocenters. The zero-order chi connectivity index (χ0) is 11.8. The number of hydrogen-bond donors (Lipinski definition) is 0. The molecule has 0 radical (unpaired) electrons. The molecule has 1 aromatic rings. The van der Waals surface area contributed by atoms with Crippen LogP contribution in [0, 0.1) is 10.1 Å². The molecule has 16 heavy (non-hydrogen) atoms. The van der Waals surface area contributed by atoms with Gasteiger partial charge < -0.3 is 9.47 Å². The van der Waals surface area contributed by atoms with Gasteiger partial charge in [-0.15, -0.1) is 0 Å². The van der Waals surface area contributed by atoms with Gasteiger partial charge in [-0.25, -0.2) is 0 Å². The maximum absolute atomic E-state index is 10.6. The molecule has 0 saturated carbocycles. The van der Waals surface area contributed by atoms with E-state index in [1.165, 1.54) is 12.1 Å². The fourth-order valence-corrected chi connectivity index (χ4v) is 1.51. The molecule has 1 aliphatic heterocycles. The van der Waals surface area contributed by atoms with Crippen molar-refractivity contribution < 1.29 is 14.4 Å². The van der Waals surface area contributed by atoms with E-state index < -0.39 is 4.92 Å². The Hall–Kier alpha value is -1.14. The van der Waals surface area contributed by atoms with Gasteiger partial charge in [0.05, 0.1) is 22.1 Å². The van der Waals surface area contributed by atoms with E-state index in [2.05, 4.69) is 15.9 Å². The second-order valence-electron chi connectivity index (χ2n) is 3.90. The van der Waals surface area contributed by atoms with E-state index in [0.717, 1.165) is 0 Å². The van der Waals surface area contributed by atoms with Crippen molar-refractivity contribution in [1.82, 2.24) is 0 Å². The van der Waals surface area contributed by atoms with Crippen LogP contribution in [0.4, 0.5) is 5.69 Å². The molecule has 0 amide bonds. The summed E-state index contributed by atoms with van der Waals surface area (Å²) in [6, 6.07) is 4.42. The lowest BCUT2D eigenvalue weighted by Crippen LogP contribution is -2.17. The molecule has 1 aromatic carbocycles. The Morgan fingerprint density at radius 2 is 2.38 bits per heavy atom. The largest absolute Gasteiger partial charge is 0.489 e. The molecule has 1 saturated heterocycles. The summed E-state index contributed by atoms with van der Waals surface area (Å²) in [5, 5.41) is 10.6. The number of ether oxygens (including phenoxy) is 2.